The SMILES string of the molecule is Cc1cc(C)c(S(=O)(=O)Nc2cc(C(=O)NCc3ccncc3)ccc2C)c(C)c1. The highest BCUT2D eigenvalue weighted by Crippen LogP contribution is 2.26. The number of pyridine rings is 1. The molecule has 0 fully saturated rings. The smallest absolute Gasteiger partial charge is 0.262 e. The molecule has 0 saturated carbocycles. The van der Waals surface area contributed by atoms with Gasteiger partial charge in [-0.2, -0.15) is 0 Å². The Morgan fingerprint density at radius 2 is 1.53 bits per heavy atom. The van der Waals surface area contributed by atoms with Gasteiger partial charge in [0.25, 0.3) is 15.9 Å². The van der Waals surface area contributed by atoms with Gasteiger partial charge in [-0.05, 0) is 74.2 Å². The van der Waals surface area contributed by atoms with E-state index in [1.54, 1.807) is 51.4 Å². The van der Waals surface area contributed by atoms with E-state index in [-0.39, 0.29) is 10.8 Å². The standard InChI is InChI=1S/C23H25N3O3S/c1-15-11-17(3)22(18(4)12-15)30(28,29)26-21-13-20(6-5-16(21)2)23(27)25-14-19-7-9-24-10-8-19/h5-13,26H,14H2,1-4H3,(H,25,27). The van der Waals surface area contributed by atoms with Crippen molar-refractivity contribution >= 4 is 21.6 Å². The molecule has 0 bridgehead atoms. The van der Waals surface area contributed by atoms with Crippen LogP contribution >= 0.6 is 0 Å². The molecule has 1 amide bonds. The molecule has 0 aliphatic rings. The van der Waals surface area contributed by atoms with Crippen molar-refractivity contribution in [2.24, 2.45) is 0 Å². The third kappa shape index (κ3) is 4.86. The Hall–Kier alpha value is -3.19. The highest BCUT2D eigenvalue weighted by Gasteiger charge is 2.21. The van der Waals surface area contributed by atoms with Crippen molar-refractivity contribution in [1.29, 1.82) is 0 Å². The van der Waals surface area contributed by atoms with Crippen LogP contribution in [0.3, 0.4) is 0 Å². The lowest BCUT2D eigenvalue weighted by Gasteiger charge is -2.16. The fraction of sp³-hybridized carbons (Fsp3) is 0.217. The van der Waals surface area contributed by atoms with Gasteiger partial charge in [-0.15, -0.1) is 0 Å². The van der Waals surface area contributed by atoms with Crippen LogP contribution in [0.1, 0.15) is 38.2 Å². The number of rotatable bonds is 6. The van der Waals surface area contributed by atoms with Crippen LogP contribution in [0.2, 0.25) is 0 Å². The van der Waals surface area contributed by atoms with Crippen molar-refractivity contribution in [1.82, 2.24) is 10.3 Å². The normalized spacial score (nSPS) is 11.2. The molecule has 7 heteroatoms. The minimum absolute atomic E-state index is 0.264. The van der Waals surface area contributed by atoms with E-state index in [2.05, 4.69) is 15.0 Å². The van der Waals surface area contributed by atoms with Gasteiger partial charge in [0.05, 0.1) is 10.6 Å². The fourth-order valence-corrected chi connectivity index (χ4v) is 5.02. The van der Waals surface area contributed by atoms with E-state index in [4.69, 9.17) is 0 Å². The number of benzene rings is 2. The van der Waals surface area contributed by atoms with Gasteiger partial charge in [-0.1, -0.05) is 23.8 Å². The quantitative estimate of drug-likeness (QED) is 0.626. The summed E-state index contributed by atoms with van der Waals surface area (Å²) >= 11 is 0. The molecule has 6 nitrogen and oxygen atoms in total. The highest BCUT2D eigenvalue weighted by molar-refractivity contribution is 7.92. The topological polar surface area (TPSA) is 88.2 Å². The lowest BCUT2D eigenvalue weighted by molar-refractivity contribution is 0.0951. The Labute approximate surface area is 177 Å². The van der Waals surface area contributed by atoms with Crippen molar-refractivity contribution in [3.8, 4) is 0 Å². The summed E-state index contributed by atoms with van der Waals surface area (Å²) in [5.41, 5.74) is 4.79. The molecule has 0 unspecified atom stereocenters. The molecule has 30 heavy (non-hydrogen) atoms. The van der Waals surface area contributed by atoms with Crippen LogP contribution in [0.25, 0.3) is 0 Å². The second-order valence-corrected chi connectivity index (χ2v) is 9.02. The lowest BCUT2D eigenvalue weighted by atomic mass is 10.1. The minimum atomic E-state index is -3.80. The highest BCUT2D eigenvalue weighted by atomic mass is 32.2. The average molecular weight is 424 g/mol. The zero-order valence-corrected chi connectivity index (χ0v) is 18.3. The van der Waals surface area contributed by atoms with Crippen molar-refractivity contribution in [2.45, 2.75) is 39.1 Å². The van der Waals surface area contributed by atoms with E-state index < -0.39 is 10.0 Å². The maximum Gasteiger partial charge on any atom is 0.262 e. The first-order chi connectivity index (χ1) is 14.2. The maximum absolute atomic E-state index is 13.1. The molecular weight excluding hydrogens is 398 g/mol. The third-order valence-electron chi connectivity index (χ3n) is 4.82. The van der Waals surface area contributed by atoms with Crippen LogP contribution in [-0.4, -0.2) is 19.3 Å². The Morgan fingerprint density at radius 1 is 0.900 bits per heavy atom. The van der Waals surface area contributed by atoms with E-state index in [0.29, 0.717) is 28.9 Å². The zero-order valence-electron chi connectivity index (χ0n) is 17.5. The number of carbonyl (C=O) groups excluding carboxylic acids is 1. The van der Waals surface area contributed by atoms with E-state index in [1.165, 1.54) is 0 Å². The van der Waals surface area contributed by atoms with Crippen molar-refractivity contribution in [3.05, 3.63) is 88.2 Å². The second kappa shape index (κ2) is 8.67. The molecule has 0 aliphatic heterocycles. The number of nitrogens with one attached hydrogen (secondary N) is 2. The monoisotopic (exact) mass is 423 g/mol. The number of anilines is 1. The summed E-state index contributed by atoms with van der Waals surface area (Å²) in [5.74, 6) is -0.282. The first-order valence-corrected chi connectivity index (χ1v) is 11.0. The molecule has 2 aromatic carbocycles. The average Bonchev–Trinajstić information content (AvgIpc) is 2.67. The van der Waals surface area contributed by atoms with Gasteiger partial charge in [0, 0.05) is 24.5 Å². The van der Waals surface area contributed by atoms with Crippen molar-refractivity contribution < 1.29 is 13.2 Å². The number of sulfonamides is 1. The van der Waals surface area contributed by atoms with Crippen LogP contribution in [-0.2, 0) is 16.6 Å². The van der Waals surface area contributed by atoms with Gasteiger partial charge in [-0.3, -0.25) is 14.5 Å². The number of aromatic nitrogens is 1. The fourth-order valence-electron chi connectivity index (χ4n) is 3.44. The van der Waals surface area contributed by atoms with E-state index >= 15 is 0 Å². The lowest BCUT2D eigenvalue weighted by Crippen LogP contribution is -2.23. The Bertz CT molecular complexity index is 1170. The summed E-state index contributed by atoms with van der Waals surface area (Å²) in [5, 5.41) is 2.84. The summed E-state index contributed by atoms with van der Waals surface area (Å²) in [4.78, 5) is 16.8. The van der Waals surface area contributed by atoms with Crippen LogP contribution in [0.15, 0.2) is 59.8 Å². The van der Waals surface area contributed by atoms with Crippen molar-refractivity contribution in [2.75, 3.05) is 4.72 Å². The van der Waals surface area contributed by atoms with Crippen molar-refractivity contribution in [3.63, 3.8) is 0 Å². The molecule has 0 aliphatic carbocycles. The molecule has 0 spiro atoms. The Balaban J connectivity index is 1.84. The Kier molecular flexibility index (Phi) is 6.22. The van der Waals surface area contributed by atoms with E-state index in [0.717, 1.165) is 16.7 Å². The summed E-state index contributed by atoms with van der Waals surface area (Å²) in [6.45, 7) is 7.65. The van der Waals surface area contributed by atoms with E-state index in [1.807, 2.05) is 31.2 Å². The molecule has 0 radical (unpaired) electrons. The number of hydrogen-bond acceptors (Lipinski definition) is 4. The summed E-state index contributed by atoms with van der Waals surface area (Å²) in [6, 6.07) is 12.3. The number of aryl methyl sites for hydroxylation is 4. The summed E-state index contributed by atoms with van der Waals surface area (Å²) in [6.07, 6.45) is 3.32. The van der Waals surface area contributed by atoms with E-state index in [9.17, 15) is 13.2 Å². The molecule has 1 aromatic heterocycles. The second-order valence-electron chi connectivity index (χ2n) is 7.40. The summed E-state index contributed by atoms with van der Waals surface area (Å²) < 4.78 is 28.8. The number of nitrogens with zero attached hydrogens (tertiary/aromatic N) is 1. The zero-order chi connectivity index (χ0) is 21.9. The number of carbonyl (C=O) groups is 1. The predicted molar refractivity (Wildman–Crippen MR) is 118 cm³/mol. The third-order valence-corrected chi connectivity index (χ3v) is 6.49. The van der Waals surface area contributed by atoms with Crippen LogP contribution in [0.4, 0.5) is 5.69 Å². The molecule has 156 valence electrons. The number of hydrogen-bond donors (Lipinski definition) is 2. The van der Waals surface area contributed by atoms with Gasteiger partial charge in [0.1, 0.15) is 0 Å². The van der Waals surface area contributed by atoms with Gasteiger partial charge in [0.15, 0.2) is 0 Å². The van der Waals surface area contributed by atoms with Gasteiger partial charge in [0.2, 0.25) is 0 Å². The van der Waals surface area contributed by atoms with Crippen LogP contribution in [0, 0.1) is 27.7 Å². The van der Waals surface area contributed by atoms with Gasteiger partial charge in [-0.25, -0.2) is 8.42 Å². The molecule has 0 atom stereocenters. The predicted octanol–water partition coefficient (Wildman–Crippen LogP) is 4.05. The first kappa shape index (κ1) is 21.5. The minimum Gasteiger partial charge on any atom is -0.348 e. The molecule has 2 N–H and O–H groups in total. The number of amides is 1. The van der Waals surface area contributed by atoms with Gasteiger partial charge < -0.3 is 5.32 Å². The molecule has 3 aromatic rings. The largest absolute Gasteiger partial charge is 0.348 e. The van der Waals surface area contributed by atoms with Gasteiger partial charge >= 0.3 is 0 Å². The summed E-state index contributed by atoms with van der Waals surface area (Å²) in [7, 11) is -3.80. The molecule has 1 heterocycles. The van der Waals surface area contributed by atoms with Crippen LogP contribution in [0.5, 0.6) is 0 Å². The first-order valence-electron chi connectivity index (χ1n) is 9.56. The Morgan fingerprint density at radius 3 is 2.17 bits per heavy atom. The molecule has 3 rings (SSSR count). The molecule has 0 saturated heterocycles. The van der Waals surface area contributed by atoms with Crippen LogP contribution < -0.4 is 10.0 Å². The molecular formula is C23H25N3O3S. The maximum atomic E-state index is 13.1.